The molecule has 10 nitrogen and oxygen atoms in total. The molecule has 0 saturated heterocycles. The van der Waals surface area contributed by atoms with Crippen LogP contribution >= 0.6 is 0 Å². The van der Waals surface area contributed by atoms with E-state index in [2.05, 4.69) is 26.5 Å². The maximum absolute atomic E-state index is 13.0. The van der Waals surface area contributed by atoms with Crippen molar-refractivity contribution in [3.05, 3.63) is 53.6 Å². The molecule has 0 saturated carbocycles. The van der Waals surface area contributed by atoms with Crippen molar-refractivity contribution < 1.29 is 13.2 Å². The summed E-state index contributed by atoms with van der Waals surface area (Å²) in [6.45, 7) is 7.66. The Morgan fingerprint density at radius 3 is 2.77 bits per heavy atom. The first-order chi connectivity index (χ1) is 18.5. The number of nitrogens with one attached hydrogen (secondary N) is 1. The quantitative estimate of drug-likeness (QED) is 0.403. The predicted molar refractivity (Wildman–Crippen MR) is 152 cm³/mol. The van der Waals surface area contributed by atoms with Crippen LogP contribution < -0.4 is 25.8 Å². The fourth-order valence-corrected chi connectivity index (χ4v) is 6.48. The molecular formula is C28H37N7O3S. The summed E-state index contributed by atoms with van der Waals surface area (Å²) in [5.41, 5.74) is 16.1. The molecular weight excluding hydrogens is 514 g/mol. The van der Waals surface area contributed by atoms with Crippen LogP contribution in [0.1, 0.15) is 50.4 Å². The van der Waals surface area contributed by atoms with Gasteiger partial charge < -0.3 is 21.1 Å². The van der Waals surface area contributed by atoms with E-state index in [9.17, 15) is 8.42 Å². The number of hydrogen-bond donors (Lipinski definition) is 3. The van der Waals surface area contributed by atoms with Crippen molar-refractivity contribution in [1.82, 2.24) is 19.7 Å². The standard InChI is InChI=1S/C28H37N7O3S/c1-4-18-5-7-22-23(11-18)32-17-33-27(22)35-9-10-38-24-8-6-19(12-21(24)15-35)20-13-25(26(29)31-14-20)39(36,37)34-16-28(2,3)30/h6,8,12-14,17-18,34H,4-5,7,9-11,15-16,30H2,1-3H3,(H2,29,31)/t18-/m0/s1. The molecule has 0 amide bonds. The highest BCUT2D eigenvalue weighted by Gasteiger charge is 2.27. The third-order valence-corrected chi connectivity index (χ3v) is 8.87. The van der Waals surface area contributed by atoms with Crippen LogP contribution in [0.4, 0.5) is 11.6 Å². The Balaban J connectivity index is 1.44. The minimum Gasteiger partial charge on any atom is -0.491 e. The lowest BCUT2D eigenvalue weighted by Gasteiger charge is -2.29. The summed E-state index contributed by atoms with van der Waals surface area (Å²) in [4.78, 5) is 15.7. The van der Waals surface area contributed by atoms with E-state index < -0.39 is 15.6 Å². The van der Waals surface area contributed by atoms with Crippen LogP contribution in [0, 0.1) is 5.92 Å². The number of rotatable bonds is 7. The number of fused-ring (bicyclic) bond motifs is 2. The third kappa shape index (κ3) is 6.00. The van der Waals surface area contributed by atoms with Crippen LogP contribution in [0.15, 0.2) is 41.7 Å². The molecule has 11 heteroatoms. The molecule has 208 valence electrons. The Hall–Kier alpha value is -3.28. The van der Waals surface area contributed by atoms with Gasteiger partial charge in [-0.05, 0) is 62.8 Å². The number of nitrogens with zero attached hydrogens (tertiary/aromatic N) is 4. The lowest BCUT2D eigenvalue weighted by Crippen LogP contribution is -2.45. The van der Waals surface area contributed by atoms with Crippen molar-refractivity contribution in [2.24, 2.45) is 11.7 Å². The van der Waals surface area contributed by atoms with E-state index in [0.717, 1.165) is 54.1 Å². The van der Waals surface area contributed by atoms with E-state index in [1.54, 1.807) is 32.4 Å². The first-order valence-electron chi connectivity index (χ1n) is 13.4. The molecule has 1 aromatic carbocycles. The van der Waals surface area contributed by atoms with Crippen LogP contribution in [0.2, 0.25) is 0 Å². The molecule has 0 unspecified atom stereocenters. The van der Waals surface area contributed by atoms with Crippen molar-refractivity contribution in [1.29, 1.82) is 0 Å². The molecule has 0 fully saturated rings. The highest BCUT2D eigenvalue weighted by molar-refractivity contribution is 7.89. The summed E-state index contributed by atoms with van der Waals surface area (Å²) in [5.74, 6) is 2.39. The third-order valence-electron chi connectivity index (χ3n) is 7.44. The predicted octanol–water partition coefficient (Wildman–Crippen LogP) is 3.05. The van der Waals surface area contributed by atoms with Gasteiger partial charge in [0.15, 0.2) is 0 Å². The van der Waals surface area contributed by atoms with Crippen molar-refractivity contribution >= 4 is 21.7 Å². The second-order valence-electron chi connectivity index (χ2n) is 11.2. The molecule has 5 N–H and O–H groups in total. The summed E-state index contributed by atoms with van der Waals surface area (Å²) < 4.78 is 34.6. The van der Waals surface area contributed by atoms with E-state index in [0.29, 0.717) is 31.2 Å². The van der Waals surface area contributed by atoms with Gasteiger partial charge >= 0.3 is 0 Å². The van der Waals surface area contributed by atoms with Crippen molar-refractivity contribution in [3.8, 4) is 16.9 Å². The van der Waals surface area contributed by atoms with Crippen molar-refractivity contribution in [3.63, 3.8) is 0 Å². The molecule has 0 radical (unpaired) electrons. The monoisotopic (exact) mass is 551 g/mol. The Morgan fingerprint density at radius 2 is 2.00 bits per heavy atom. The van der Waals surface area contributed by atoms with Crippen LogP contribution in [0.25, 0.3) is 11.1 Å². The molecule has 3 aromatic rings. The topological polar surface area (TPSA) is 149 Å². The van der Waals surface area contributed by atoms with E-state index in [1.807, 2.05) is 18.2 Å². The van der Waals surface area contributed by atoms with Gasteiger partial charge in [0.2, 0.25) is 10.0 Å². The molecule has 39 heavy (non-hydrogen) atoms. The lowest BCUT2D eigenvalue weighted by molar-refractivity contribution is 0.331. The van der Waals surface area contributed by atoms with Crippen LogP contribution in [0.3, 0.4) is 0 Å². The smallest absolute Gasteiger partial charge is 0.244 e. The SMILES string of the molecule is CC[C@H]1CCc2c(ncnc2N2CCOc3ccc(-c4cnc(N)c(S(=O)(=O)NCC(C)(C)N)c4)cc3C2)C1. The second kappa shape index (κ2) is 10.7. The molecule has 0 bridgehead atoms. The van der Waals surface area contributed by atoms with Gasteiger partial charge in [0.1, 0.15) is 35.2 Å². The maximum atomic E-state index is 13.0. The van der Waals surface area contributed by atoms with Gasteiger partial charge in [0.05, 0.1) is 6.54 Å². The molecule has 0 spiro atoms. The summed E-state index contributed by atoms with van der Waals surface area (Å²) in [6.07, 6.45) is 7.57. The summed E-state index contributed by atoms with van der Waals surface area (Å²) in [7, 11) is -3.90. The highest BCUT2D eigenvalue weighted by Crippen LogP contribution is 2.35. The fourth-order valence-electron chi connectivity index (χ4n) is 5.16. The minimum absolute atomic E-state index is 0.0656. The fraction of sp³-hybridized carbons (Fsp3) is 0.464. The van der Waals surface area contributed by atoms with E-state index in [1.165, 1.54) is 5.56 Å². The summed E-state index contributed by atoms with van der Waals surface area (Å²) in [5, 5.41) is 0. The molecule has 1 aliphatic heterocycles. The van der Waals surface area contributed by atoms with Gasteiger partial charge in [-0.25, -0.2) is 28.1 Å². The number of pyridine rings is 1. The summed E-state index contributed by atoms with van der Waals surface area (Å²) in [6, 6.07) is 7.41. The number of anilines is 2. The van der Waals surface area contributed by atoms with Gasteiger partial charge in [0, 0.05) is 47.2 Å². The maximum Gasteiger partial charge on any atom is 0.244 e. The van der Waals surface area contributed by atoms with Gasteiger partial charge in [-0.15, -0.1) is 0 Å². The van der Waals surface area contributed by atoms with Gasteiger partial charge in [-0.2, -0.15) is 0 Å². The average molecular weight is 552 g/mol. The molecule has 2 aromatic heterocycles. The Kier molecular flexibility index (Phi) is 7.49. The number of benzene rings is 1. The normalized spacial score (nSPS) is 17.6. The molecule has 1 aliphatic carbocycles. The van der Waals surface area contributed by atoms with Crippen molar-refractivity contribution in [2.75, 3.05) is 30.3 Å². The lowest BCUT2D eigenvalue weighted by atomic mass is 9.85. The zero-order valence-corrected chi connectivity index (χ0v) is 23.6. The molecule has 3 heterocycles. The van der Waals surface area contributed by atoms with E-state index in [4.69, 9.17) is 21.2 Å². The van der Waals surface area contributed by atoms with Gasteiger partial charge in [-0.1, -0.05) is 19.4 Å². The van der Waals surface area contributed by atoms with Crippen LogP contribution in [-0.4, -0.2) is 48.6 Å². The van der Waals surface area contributed by atoms with Gasteiger partial charge in [0.25, 0.3) is 0 Å². The number of sulfonamides is 1. The number of nitrogen functional groups attached to an aromatic ring is 1. The van der Waals surface area contributed by atoms with E-state index >= 15 is 0 Å². The number of nitrogens with two attached hydrogens (primary N) is 2. The van der Waals surface area contributed by atoms with Crippen LogP contribution in [-0.2, 0) is 29.4 Å². The zero-order chi connectivity index (χ0) is 27.8. The molecule has 2 aliphatic rings. The molecule has 5 rings (SSSR count). The number of aromatic nitrogens is 3. The highest BCUT2D eigenvalue weighted by atomic mass is 32.2. The van der Waals surface area contributed by atoms with Crippen LogP contribution in [0.5, 0.6) is 5.75 Å². The Labute approximate surface area is 230 Å². The van der Waals surface area contributed by atoms with Crippen molar-refractivity contribution in [2.45, 2.75) is 63.4 Å². The first-order valence-corrected chi connectivity index (χ1v) is 14.9. The first kappa shape index (κ1) is 27.3. The average Bonchev–Trinajstić information content (AvgIpc) is 3.13. The number of ether oxygens (including phenoxy) is 1. The van der Waals surface area contributed by atoms with Gasteiger partial charge in [-0.3, -0.25) is 0 Å². The second-order valence-corrected chi connectivity index (χ2v) is 12.9. The largest absolute Gasteiger partial charge is 0.491 e. The number of hydrogen-bond acceptors (Lipinski definition) is 9. The minimum atomic E-state index is -3.90. The Bertz CT molecular complexity index is 1470. The Morgan fingerprint density at radius 1 is 1.18 bits per heavy atom. The van der Waals surface area contributed by atoms with E-state index in [-0.39, 0.29) is 17.3 Å². The zero-order valence-electron chi connectivity index (χ0n) is 22.8. The molecule has 1 atom stereocenters. The summed E-state index contributed by atoms with van der Waals surface area (Å²) >= 11 is 0.